The minimum absolute atomic E-state index is 0.0327. The van der Waals surface area contributed by atoms with Crippen molar-refractivity contribution in [1.82, 2.24) is 4.90 Å². The Kier molecular flexibility index (Phi) is 5.14. The van der Waals surface area contributed by atoms with E-state index in [9.17, 15) is 13.6 Å². The molecule has 0 unspecified atom stereocenters. The van der Waals surface area contributed by atoms with E-state index in [-0.39, 0.29) is 24.0 Å². The van der Waals surface area contributed by atoms with Crippen LogP contribution in [0.1, 0.15) is 5.56 Å². The number of amides is 1. The third-order valence-electron chi connectivity index (χ3n) is 4.17. The van der Waals surface area contributed by atoms with E-state index >= 15 is 0 Å². The second-order valence-corrected chi connectivity index (χ2v) is 6.65. The topological polar surface area (TPSA) is 23.6 Å². The van der Waals surface area contributed by atoms with Gasteiger partial charge in [-0.3, -0.25) is 4.79 Å². The quantitative estimate of drug-likeness (QED) is 0.793. The minimum atomic E-state index is -0.378. The molecule has 6 heteroatoms. The lowest BCUT2D eigenvalue weighted by molar-refractivity contribution is -0.130. The Balaban J connectivity index is 1.61. The van der Waals surface area contributed by atoms with Crippen molar-refractivity contribution in [3.63, 3.8) is 0 Å². The summed E-state index contributed by atoms with van der Waals surface area (Å²) in [5.41, 5.74) is 0.938. The van der Waals surface area contributed by atoms with Crippen LogP contribution in [0.25, 0.3) is 0 Å². The Labute approximate surface area is 148 Å². The Morgan fingerprint density at radius 3 is 2.42 bits per heavy atom. The van der Waals surface area contributed by atoms with E-state index in [2.05, 4.69) is 15.9 Å². The zero-order chi connectivity index (χ0) is 17.1. The van der Waals surface area contributed by atoms with Crippen molar-refractivity contribution in [1.29, 1.82) is 0 Å². The molecule has 0 bridgehead atoms. The number of carbonyl (C=O) groups is 1. The molecule has 0 aliphatic carbocycles. The first-order valence-corrected chi connectivity index (χ1v) is 8.55. The molecule has 3 nitrogen and oxygen atoms in total. The maximum absolute atomic E-state index is 13.8. The highest BCUT2D eigenvalue weighted by Crippen LogP contribution is 2.21. The number of halogens is 3. The number of hydrogen-bond acceptors (Lipinski definition) is 2. The predicted molar refractivity (Wildman–Crippen MR) is 93.0 cm³/mol. The second-order valence-electron chi connectivity index (χ2n) is 5.73. The fourth-order valence-corrected chi connectivity index (χ4v) is 3.27. The van der Waals surface area contributed by atoms with E-state index < -0.39 is 0 Å². The Bertz CT molecular complexity index is 746. The van der Waals surface area contributed by atoms with Crippen LogP contribution >= 0.6 is 15.9 Å². The van der Waals surface area contributed by atoms with Crippen LogP contribution in [0.3, 0.4) is 0 Å². The number of hydrogen-bond donors (Lipinski definition) is 0. The van der Waals surface area contributed by atoms with Crippen molar-refractivity contribution < 1.29 is 13.6 Å². The SMILES string of the molecule is O=C(Cc1cc(Br)ccc1F)N1CCN(c2ccccc2F)CC1. The van der Waals surface area contributed by atoms with Crippen molar-refractivity contribution in [2.24, 2.45) is 0 Å². The van der Waals surface area contributed by atoms with Crippen LogP contribution in [0, 0.1) is 11.6 Å². The molecule has 0 atom stereocenters. The molecule has 0 aromatic heterocycles. The number of para-hydroxylation sites is 1. The summed E-state index contributed by atoms with van der Waals surface area (Å²) in [7, 11) is 0. The highest BCUT2D eigenvalue weighted by molar-refractivity contribution is 9.10. The average molecular weight is 395 g/mol. The Hall–Kier alpha value is -1.95. The molecule has 0 N–H and O–H groups in total. The Morgan fingerprint density at radius 2 is 1.71 bits per heavy atom. The van der Waals surface area contributed by atoms with Gasteiger partial charge in [0, 0.05) is 30.7 Å². The predicted octanol–water partition coefficient (Wildman–Crippen LogP) is 3.62. The molecule has 24 heavy (non-hydrogen) atoms. The summed E-state index contributed by atoms with van der Waals surface area (Å²) in [6.45, 7) is 2.13. The smallest absolute Gasteiger partial charge is 0.227 e. The van der Waals surface area contributed by atoms with Gasteiger partial charge in [0.05, 0.1) is 12.1 Å². The van der Waals surface area contributed by atoms with Gasteiger partial charge in [0.25, 0.3) is 0 Å². The van der Waals surface area contributed by atoms with Gasteiger partial charge >= 0.3 is 0 Å². The van der Waals surface area contributed by atoms with E-state index in [1.807, 2.05) is 4.90 Å². The summed E-state index contributed by atoms with van der Waals surface area (Å²) in [6, 6.07) is 11.2. The molecule has 1 amide bonds. The van der Waals surface area contributed by atoms with Crippen LogP contribution in [0.5, 0.6) is 0 Å². The molecule has 1 aliphatic heterocycles. The lowest BCUT2D eigenvalue weighted by Crippen LogP contribution is -2.49. The number of benzene rings is 2. The average Bonchev–Trinajstić information content (AvgIpc) is 2.59. The van der Waals surface area contributed by atoms with Gasteiger partial charge in [0.15, 0.2) is 0 Å². The molecule has 1 saturated heterocycles. The molecule has 0 spiro atoms. The van der Waals surface area contributed by atoms with Crippen LogP contribution in [0.15, 0.2) is 46.9 Å². The van der Waals surface area contributed by atoms with Gasteiger partial charge < -0.3 is 9.80 Å². The summed E-state index contributed by atoms with van der Waals surface area (Å²) in [5.74, 6) is -0.745. The van der Waals surface area contributed by atoms with Crippen molar-refractivity contribution >= 4 is 27.5 Å². The van der Waals surface area contributed by atoms with Crippen LogP contribution < -0.4 is 4.90 Å². The van der Waals surface area contributed by atoms with Crippen LogP contribution in [-0.4, -0.2) is 37.0 Å². The lowest BCUT2D eigenvalue weighted by Gasteiger charge is -2.36. The highest BCUT2D eigenvalue weighted by Gasteiger charge is 2.23. The summed E-state index contributed by atoms with van der Waals surface area (Å²) < 4.78 is 28.4. The largest absolute Gasteiger partial charge is 0.366 e. The number of nitrogens with zero attached hydrogens (tertiary/aromatic N) is 2. The minimum Gasteiger partial charge on any atom is -0.366 e. The summed E-state index contributed by atoms with van der Waals surface area (Å²) in [4.78, 5) is 16.0. The van der Waals surface area contributed by atoms with Gasteiger partial charge in [-0.25, -0.2) is 8.78 Å². The molecule has 2 aromatic carbocycles. The molecule has 1 aliphatic rings. The zero-order valence-electron chi connectivity index (χ0n) is 13.0. The van der Waals surface area contributed by atoms with E-state index in [1.54, 1.807) is 35.2 Å². The van der Waals surface area contributed by atoms with Gasteiger partial charge in [-0.2, -0.15) is 0 Å². The van der Waals surface area contributed by atoms with Gasteiger partial charge in [-0.15, -0.1) is 0 Å². The maximum atomic E-state index is 13.8. The summed E-state index contributed by atoms with van der Waals surface area (Å²) in [6.07, 6.45) is 0.0327. The normalized spacial score (nSPS) is 14.8. The third kappa shape index (κ3) is 3.75. The number of carbonyl (C=O) groups excluding carboxylic acids is 1. The first kappa shape index (κ1) is 16.9. The molecule has 3 rings (SSSR count). The standard InChI is InChI=1S/C18H17BrF2N2O/c19-14-5-6-15(20)13(11-14)12-18(24)23-9-7-22(8-10-23)17-4-2-1-3-16(17)21/h1-6,11H,7-10,12H2. The van der Waals surface area contributed by atoms with Gasteiger partial charge in [0.1, 0.15) is 11.6 Å². The van der Waals surface area contributed by atoms with Crippen LogP contribution in [0.4, 0.5) is 14.5 Å². The molecule has 126 valence electrons. The number of anilines is 1. The molecule has 1 heterocycles. The Morgan fingerprint density at radius 1 is 1.00 bits per heavy atom. The first-order valence-electron chi connectivity index (χ1n) is 7.76. The third-order valence-corrected chi connectivity index (χ3v) is 4.67. The maximum Gasteiger partial charge on any atom is 0.227 e. The molecular formula is C18H17BrF2N2O. The fourth-order valence-electron chi connectivity index (χ4n) is 2.86. The molecule has 2 aromatic rings. The van der Waals surface area contributed by atoms with Crippen molar-refractivity contribution in [3.05, 3.63) is 64.1 Å². The van der Waals surface area contributed by atoms with E-state index in [1.165, 1.54) is 12.1 Å². The van der Waals surface area contributed by atoms with E-state index in [0.29, 0.717) is 37.4 Å². The van der Waals surface area contributed by atoms with Crippen molar-refractivity contribution in [3.8, 4) is 0 Å². The summed E-state index contributed by atoms with van der Waals surface area (Å²) >= 11 is 3.29. The lowest BCUT2D eigenvalue weighted by atomic mass is 10.1. The monoisotopic (exact) mass is 394 g/mol. The fraction of sp³-hybridized carbons (Fsp3) is 0.278. The summed E-state index contributed by atoms with van der Waals surface area (Å²) in [5, 5.41) is 0. The van der Waals surface area contributed by atoms with E-state index in [0.717, 1.165) is 4.47 Å². The van der Waals surface area contributed by atoms with E-state index in [4.69, 9.17) is 0 Å². The van der Waals surface area contributed by atoms with Crippen molar-refractivity contribution in [2.45, 2.75) is 6.42 Å². The highest BCUT2D eigenvalue weighted by atomic mass is 79.9. The van der Waals surface area contributed by atoms with Crippen molar-refractivity contribution in [2.75, 3.05) is 31.1 Å². The second kappa shape index (κ2) is 7.30. The molecule has 0 radical (unpaired) electrons. The van der Waals surface area contributed by atoms with Gasteiger partial charge in [-0.1, -0.05) is 28.1 Å². The molecular weight excluding hydrogens is 378 g/mol. The number of piperazine rings is 1. The van der Waals surface area contributed by atoms with Crippen LogP contribution in [0.2, 0.25) is 0 Å². The van der Waals surface area contributed by atoms with Gasteiger partial charge in [-0.05, 0) is 35.9 Å². The first-order chi connectivity index (χ1) is 11.5. The molecule has 0 saturated carbocycles. The molecule has 1 fully saturated rings. The van der Waals surface area contributed by atoms with Crippen LogP contribution in [-0.2, 0) is 11.2 Å². The number of rotatable bonds is 3. The van der Waals surface area contributed by atoms with Gasteiger partial charge in [0.2, 0.25) is 5.91 Å². The zero-order valence-corrected chi connectivity index (χ0v) is 14.6.